The van der Waals surface area contributed by atoms with Gasteiger partial charge < -0.3 is 39.2 Å². The highest BCUT2D eigenvalue weighted by molar-refractivity contribution is 6.85. The highest BCUT2D eigenvalue weighted by Crippen LogP contribution is 2.30. The van der Waals surface area contributed by atoms with Gasteiger partial charge in [-0.3, -0.25) is 0 Å². The zero-order valence-corrected chi connectivity index (χ0v) is 24.2. The second-order valence-electron chi connectivity index (χ2n) is 7.80. The molecule has 0 aromatic heterocycles. The van der Waals surface area contributed by atoms with Crippen LogP contribution in [0.3, 0.4) is 0 Å². The summed E-state index contributed by atoms with van der Waals surface area (Å²) in [6, 6.07) is 2.26. The summed E-state index contributed by atoms with van der Waals surface area (Å²) in [6.45, 7) is 10.6. The van der Waals surface area contributed by atoms with E-state index in [0.29, 0.717) is 25.4 Å². The fraction of sp³-hybridized carbons (Fsp3) is 1.00. The lowest BCUT2D eigenvalue weighted by Gasteiger charge is -2.42. The maximum atomic E-state index is 6.47. The topological polar surface area (TPSA) is 86.4 Å². The Morgan fingerprint density at radius 3 is 1.83 bits per heavy atom. The summed E-state index contributed by atoms with van der Waals surface area (Å²) in [5.41, 5.74) is 0. The van der Waals surface area contributed by atoms with E-state index in [0.717, 1.165) is 25.1 Å². The second-order valence-corrected chi connectivity index (χ2v) is 22.5. The first kappa shape index (κ1) is 26.0. The van der Waals surface area contributed by atoms with Crippen molar-refractivity contribution in [2.45, 2.75) is 56.8 Å². The molecule has 0 radical (unpaired) electrons. The van der Waals surface area contributed by atoms with Crippen LogP contribution in [0.1, 0.15) is 6.42 Å². The molecule has 29 heavy (non-hydrogen) atoms. The van der Waals surface area contributed by atoms with Gasteiger partial charge in [-0.1, -0.05) is 0 Å². The van der Waals surface area contributed by atoms with E-state index in [1.807, 2.05) is 0 Å². The Balaban J connectivity index is 1.88. The quantitative estimate of drug-likeness (QED) is 0.224. The van der Waals surface area contributed by atoms with Crippen molar-refractivity contribution >= 4 is 44.5 Å². The number of epoxide rings is 1. The van der Waals surface area contributed by atoms with Crippen molar-refractivity contribution in [3.05, 3.63) is 0 Å². The highest BCUT2D eigenvalue weighted by atomic mass is 28.5. The summed E-state index contributed by atoms with van der Waals surface area (Å²) in [7, 11) is -6.37. The smallest absolute Gasteiger partial charge is 0.418 e. The van der Waals surface area contributed by atoms with E-state index < -0.39 is 44.5 Å². The van der Waals surface area contributed by atoms with Gasteiger partial charge >= 0.3 is 44.5 Å². The maximum absolute atomic E-state index is 6.47. The van der Waals surface area contributed by atoms with Crippen LogP contribution in [0.2, 0.25) is 44.3 Å². The van der Waals surface area contributed by atoms with Crippen LogP contribution < -0.4 is 0 Å². The van der Waals surface area contributed by atoms with Crippen LogP contribution in [0.5, 0.6) is 0 Å². The third-order valence-corrected chi connectivity index (χ3v) is 24.0. The molecule has 3 unspecified atom stereocenters. The fourth-order valence-electron chi connectivity index (χ4n) is 3.55. The van der Waals surface area contributed by atoms with Crippen LogP contribution in [0, 0.1) is 0 Å². The molecule has 0 spiro atoms. The van der Waals surface area contributed by atoms with Crippen molar-refractivity contribution < 1.29 is 39.2 Å². The molecule has 0 amide bonds. The van der Waals surface area contributed by atoms with Crippen LogP contribution in [-0.4, -0.2) is 91.7 Å². The molecule has 0 N–H and O–H groups in total. The monoisotopic (exact) mass is 502 g/mol. The van der Waals surface area contributed by atoms with Crippen molar-refractivity contribution in [2.24, 2.45) is 0 Å². The standard InChI is InChI=1S/C15H38O9Si5/c1-16-29(17-2,18-3)12-11-28(7)23-25(4)21-27(6,22-26(5)24-28)10-8-9-19-13-15-14-20-15/h15,25-26H,8-14H2,1-7H3. The van der Waals surface area contributed by atoms with Crippen LogP contribution in [0.15, 0.2) is 0 Å². The van der Waals surface area contributed by atoms with Gasteiger partial charge in [0.1, 0.15) is 6.10 Å². The molecule has 2 heterocycles. The third-order valence-electron chi connectivity index (χ3n) is 5.11. The predicted octanol–water partition coefficient (Wildman–Crippen LogP) is 1.59. The summed E-state index contributed by atoms with van der Waals surface area (Å²) in [5, 5.41) is 0. The molecule has 3 atom stereocenters. The summed E-state index contributed by atoms with van der Waals surface area (Å²) in [4.78, 5) is 0. The zero-order chi connectivity index (χ0) is 21.5. The van der Waals surface area contributed by atoms with Gasteiger partial charge in [0.15, 0.2) is 0 Å². The number of ether oxygens (including phenoxy) is 2. The Morgan fingerprint density at radius 2 is 1.38 bits per heavy atom. The fourth-order valence-corrected chi connectivity index (χ4v) is 24.3. The molecule has 172 valence electrons. The van der Waals surface area contributed by atoms with E-state index in [1.165, 1.54) is 0 Å². The van der Waals surface area contributed by atoms with Gasteiger partial charge in [-0.05, 0) is 44.7 Å². The zero-order valence-electron chi connectivity index (χ0n) is 18.9. The van der Waals surface area contributed by atoms with Crippen molar-refractivity contribution in [2.75, 3.05) is 41.2 Å². The average molecular weight is 503 g/mol. The van der Waals surface area contributed by atoms with Gasteiger partial charge in [0.2, 0.25) is 0 Å². The lowest BCUT2D eigenvalue weighted by Crippen LogP contribution is -2.58. The SMILES string of the molecule is CO[Si](CC[Si]1(C)O[SiH](C)O[Si](C)(CCCOCC2CO2)O[SiH](C)O1)(OC)OC. The van der Waals surface area contributed by atoms with Gasteiger partial charge in [0, 0.05) is 34.0 Å². The Morgan fingerprint density at radius 1 is 0.897 bits per heavy atom. The summed E-state index contributed by atoms with van der Waals surface area (Å²) >= 11 is 0. The third kappa shape index (κ3) is 8.64. The lowest BCUT2D eigenvalue weighted by atomic mass is 10.5. The molecule has 9 nitrogen and oxygen atoms in total. The molecule has 0 saturated carbocycles. The molecule has 2 saturated heterocycles. The minimum absolute atomic E-state index is 0.303. The van der Waals surface area contributed by atoms with Crippen molar-refractivity contribution in [3.8, 4) is 0 Å². The van der Waals surface area contributed by atoms with Crippen LogP contribution >= 0.6 is 0 Å². The van der Waals surface area contributed by atoms with E-state index in [-0.39, 0.29) is 0 Å². The molecule has 2 fully saturated rings. The minimum Gasteiger partial charge on any atom is -0.418 e. The summed E-state index contributed by atoms with van der Waals surface area (Å²) < 4.78 is 53.3. The van der Waals surface area contributed by atoms with Gasteiger partial charge in [0.05, 0.1) is 13.2 Å². The molecule has 14 heteroatoms. The predicted molar refractivity (Wildman–Crippen MR) is 120 cm³/mol. The van der Waals surface area contributed by atoms with Crippen LogP contribution in [-0.2, 0) is 39.2 Å². The molecule has 0 aromatic rings. The molecule has 0 aromatic carbocycles. The Labute approximate surface area is 181 Å². The number of hydrogen-bond donors (Lipinski definition) is 0. The van der Waals surface area contributed by atoms with Crippen LogP contribution in [0.25, 0.3) is 0 Å². The van der Waals surface area contributed by atoms with Crippen LogP contribution in [0.4, 0.5) is 0 Å². The van der Waals surface area contributed by atoms with E-state index in [1.54, 1.807) is 21.3 Å². The Hall–Kier alpha value is 0.724. The van der Waals surface area contributed by atoms with E-state index in [9.17, 15) is 0 Å². The summed E-state index contributed by atoms with van der Waals surface area (Å²) in [5.74, 6) is 0. The van der Waals surface area contributed by atoms with E-state index in [4.69, 9.17) is 39.2 Å². The molecule has 2 aliphatic heterocycles. The molecule has 0 aliphatic carbocycles. The van der Waals surface area contributed by atoms with Crippen molar-refractivity contribution in [1.29, 1.82) is 0 Å². The normalized spacial score (nSPS) is 35.9. The first-order valence-corrected chi connectivity index (χ1v) is 21.4. The van der Waals surface area contributed by atoms with Crippen molar-refractivity contribution in [1.82, 2.24) is 0 Å². The number of hydrogen-bond acceptors (Lipinski definition) is 9. The molecule has 2 aliphatic rings. The van der Waals surface area contributed by atoms with E-state index in [2.05, 4.69) is 26.2 Å². The van der Waals surface area contributed by atoms with Crippen molar-refractivity contribution in [3.63, 3.8) is 0 Å². The second kappa shape index (κ2) is 11.5. The Kier molecular flexibility index (Phi) is 10.3. The van der Waals surface area contributed by atoms with E-state index >= 15 is 0 Å². The highest BCUT2D eigenvalue weighted by Gasteiger charge is 2.48. The number of rotatable bonds is 12. The Bertz CT molecular complexity index is 473. The first-order valence-electron chi connectivity index (χ1n) is 10.2. The van der Waals surface area contributed by atoms with Gasteiger partial charge in [-0.15, -0.1) is 0 Å². The molecular formula is C15H38O9Si5. The van der Waals surface area contributed by atoms with Gasteiger partial charge in [-0.2, -0.15) is 0 Å². The maximum Gasteiger partial charge on any atom is 0.500 e. The molecular weight excluding hydrogens is 465 g/mol. The first-order chi connectivity index (χ1) is 13.7. The molecule has 2 rings (SSSR count). The largest absolute Gasteiger partial charge is 0.500 e. The van der Waals surface area contributed by atoms with Gasteiger partial charge in [0.25, 0.3) is 0 Å². The average Bonchev–Trinajstić information content (AvgIpc) is 3.46. The van der Waals surface area contributed by atoms with Gasteiger partial charge in [-0.25, -0.2) is 0 Å². The summed E-state index contributed by atoms with van der Waals surface area (Å²) in [6.07, 6.45) is 1.22. The molecule has 0 bridgehead atoms. The lowest BCUT2D eigenvalue weighted by molar-refractivity contribution is 0.115. The minimum atomic E-state index is -2.67.